The summed E-state index contributed by atoms with van der Waals surface area (Å²) in [4.78, 5) is 8.90. The Labute approximate surface area is 182 Å². The molecule has 0 fully saturated rings. The quantitative estimate of drug-likeness (QED) is 0.432. The third-order valence-corrected chi connectivity index (χ3v) is 5.71. The van der Waals surface area contributed by atoms with Gasteiger partial charge in [0, 0.05) is 16.9 Å². The van der Waals surface area contributed by atoms with E-state index in [2.05, 4.69) is 38.8 Å². The van der Waals surface area contributed by atoms with Gasteiger partial charge in [-0.3, -0.25) is 0 Å². The molecule has 0 saturated heterocycles. The second kappa shape index (κ2) is 8.62. The summed E-state index contributed by atoms with van der Waals surface area (Å²) in [6, 6.07) is 14.1. The van der Waals surface area contributed by atoms with Crippen molar-refractivity contribution < 1.29 is 5.11 Å². The Kier molecular flexibility index (Phi) is 5.93. The largest absolute Gasteiger partial charge is 0.386 e. The van der Waals surface area contributed by atoms with Crippen LogP contribution in [0.1, 0.15) is 49.8 Å². The zero-order valence-corrected chi connectivity index (χ0v) is 18.1. The van der Waals surface area contributed by atoms with E-state index in [0.717, 1.165) is 29.8 Å². The summed E-state index contributed by atoms with van der Waals surface area (Å²) in [7, 11) is 0. The van der Waals surface area contributed by atoms with Gasteiger partial charge in [0.1, 0.15) is 5.02 Å². The van der Waals surface area contributed by atoms with Gasteiger partial charge in [0.2, 0.25) is 5.95 Å². The molecular formula is C24H27ClN4O. The number of aromatic nitrogens is 2. The highest BCUT2D eigenvalue weighted by Gasteiger charge is 2.20. The third kappa shape index (κ3) is 4.74. The fraction of sp³-hybridized carbons (Fsp3) is 0.333. The molecule has 0 unspecified atom stereocenters. The number of hydrogen-bond donors (Lipinski definition) is 3. The second-order valence-electron chi connectivity index (χ2n) is 8.29. The summed E-state index contributed by atoms with van der Waals surface area (Å²) < 4.78 is 0. The molecule has 1 heterocycles. The minimum Gasteiger partial charge on any atom is -0.386 e. The Balaban J connectivity index is 1.58. The molecule has 3 N–H and O–H groups in total. The van der Waals surface area contributed by atoms with Crippen molar-refractivity contribution in [2.45, 2.75) is 51.6 Å². The number of nitrogens with zero attached hydrogens (tertiary/aromatic N) is 2. The molecule has 5 nitrogen and oxygen atoms in total. The zero-order valence-electron chi connectivity index (χ0n) is 17.4. The summed E-state index contributed by atoms with van der Waals surface area (Å²) >= 11 is 6.35. The molecule has 6 heteroatoms. The van der Waals surface area contributed by atoms with E-state index in [0.29, 0.717) is 16.8 Å². The van der Waals surface area contributed by atoms with Gasteiger partial charge in [0.25, 0.3) is 0 Å². The molecule has 0 aliphatic heterocycles. The summed E-state index contributed by atoms with van der Waals surface area (Å²) in [6.07, 6.45) is 7.65. The monoisotopic (exact) mass is 422 g/mol. The molecule has 0 saturated carbocycles. The molecule has 3 aromatic rings. The van der Waals surface area contributed by atoms with Crippen LogP contribution < -0.4 is 10.6 Å². The lowest BCUT2D eigenvalue weighted by Crippen LogP contribution is -2.17. The van der Waals surface area contributed by atoms with Gasteiger partial charge in [0.05, 0.1) is 11.8 Å². The highest BCUT2D eigenvalue weighted by Crippen LogP contribution is 2.32. The lowest BCUT2D eigenvalue weighted by atomic mass is 9.96. The summed E-state index contributed by atoms with van der Waals surface area (Å²) in [5, 5.41) is 17.4. The van der Waals surface area contributed by atoms with Gasteiger partial charge in [-0.25, -0.2) is 4.98 Å². The Morgan fingerprint density at radius 2 is 1.73 bits per heavy atom. The molecule has 156 valence electrons. The van der Waals surface area contributed by atoms with Crippen LogP contribution in [-0.4, -0.2) is 15.1 Å². The van der Waals surface area contributed by atoms with E-state index in [-0.39, 0.29) is 0 Å². The van der Waals surface area contributed by atoms with Crippen molar-refractivity contribution in [2.24, 2.45) is 0 Å². The molecule has 0 spiro atoms. The second-order valence-corrected chi connectivity index (χ2v) is 8.70. The van der Waals surface area contributed by atoms with Crippen molar-refractivity contribution in [1.82, 2.24) is 9.97 Å². The van der Waals surface area contributed by atoms with Crippen LogP contribution in [0.25, 0.3) is 0 Å². The molecule has 4 rings (SSSR count). The molecule has 1 aliphatic rings. The van der Waals surface area contributed by atoms with Crippen LogP contribution in [-0.2, 0) is 18.4 Å². The smallest absolute Gasteiger partial charge is 0.229 e. The molecule has 0 amide bonds. The number of benzene rings is 2. The first-order valence-corrected chi connectivity index (χ1v) is 10.8. The Hall–Kier alpha value is -2.63. The van der Waals surface area contributed by atoms with Crippen molar-refractivity contribution in [2.75, 3.05) is 10.6 Å². The number of halogens is 1. The fourth-order valence-electron chi connectivity index (χ4n) is 3.89. The van der Waals surface area contributed by atoms with E-state index in [9.17, 15) is 5.11 Å². The first-order valence-electron chi connectivity index (χ1n) is 10.4. The van der Waals surface area contributed by atoms with Crippen LogP contribution in [0.4, 0.5) is 23.1 Å². The first kappa shape index (κ1) is 20.6. The van der Waals surface area contributed by atoms with Crippen molar-refractivity contribution >= 4 is 34.7 Å². The predicted molar refractivity (Wildman–Crippen MR) is 123 cm³/mol. The first-order chi connectivity index (χ1) is 14.4. The van der Waals surface area contributed by atoms with Crippen LogP contribution in [0.2, 0.25) is 5.02 Å². The maximum atomic E-state index is 10.5. The summed E-state index contributed by atoms with van der Waals surface area (Å²) in [5.74, 6) is 0.955. The van der Waals surface area contributed by atoms with Crippen molar-refractivity contribution in [3.05, 3.63) is 70.4 Å². The van der Waals surface area contributed by atoms with Gasteiger partial charge in [-0.05, 0) is 68.9 Å². The number of aliphatic hydroxyl groups is 1. The number of nitrogens with one attached hydrogen (secondary N) is 2. The highest BCUT2D eigenvalue weighted by molar-refractivity contribution is 6.32. The van der Waals surface area contributed by atoms with Gasteiger partial charge >= 0.3 is 0 Å². The average Bonchev–Trinajstić information content (AvgIpc) is 2.95. The van der Waals surface area contributed by atoms with Gasteiger partial charge in [-0.15, -0.1) is 0 Å². The minimum absolute atomic E-state index is 0.410. The molecule has 1 aliphatic carbocycles. The number of anilines is 4. The molecule has 0 radical (unpaired) electrons. The van der Waals surface area contributed by atoms with Crippen LogP contribution in [0.3, 0.4) is 0 Å². The number of para-hydroxylation sites is 1. The molecule has 1 aromatic heterocycles. The fourth-order valence-corrected chi connectivity index (χ4v) is 4.02. The van der Waals surface area contributed by atoms with E-state index in [1.54, 1.807) is 20.0 Å². The van der Waals surface area contributed by atoms with E-state index in [1.807, 2.05) is 24.3 Å². The predicted octanol–water partition coefficient (Wildman–Crippen LogP) is 6.11. The topological polar surface area (TPSA) is 70.1 Å². The maximum absolute atomic E-state index is 10.5. The van der Waals surface area contributed by atoms with Gasteiger partial charge in [-0.1, -0.05) is 42.3 Å². The molecule has 30 heavy (non-hydrogen) atoms. The van der Waals surface area contributed by atoms with Crippen LogP contribution in [0, 0.1) is 0 Å². The van der Waals surface area contributed by atoms with Crippen molar-refractivity contribution in [3.63, 3.8) is 0 Å². The SMILES string of the molecule is CC(C)(O)c1ccccc1Nc1nc(Nc2ccc3c(c2)CCCCC3)ncc1Cl. The Bertz CT molecular complexity index is 1050. The zero-order chi connectivity index (χ0) is 21.1. The Morgan fingerprint density at radius 3 is 2.53 bits per heavy atom. The number of fused-ring (bicyclic) bond motifs is 1. The Morgan fingerprint density at radius 1 is 0.967 bits per heavy atom. The van der Waals surface area contributed by atoms with E-state index >= 15 is 0 Å². The molecule has 0 atom stereocenters. The minimum atomic E-state index is -0.994. The molecule has 2 aromatic carbocycles. The average molecular weight is 423 g/mol. The van der Waals surface area contributed by atoms with Crippen molar-refractivity contribution in [1.29, 1.82) is 0 Å². The normalized spacial score (nSPS) is 14.0. The van der Waals surface area contributed by atoms with E-state index in [4.69, 9.17) is 11.6 Å². The summed E-state index contributed by atoms with van der Waals surface area (Å²) in [5.41, 5.74) is 4.35. The van der Waals surface area contributed by atoms with Crippen LogP contribution >= 0.6 is 11.6 Å². The molecule has 0 bridgehead atoms. The maximum Gasteiger partial charge on any atom is 0.229 e. The number of hydrogen-bond acceptors (Lipinski definition) is 5. The van der Waals surface area contributed by atoms with Crippen LogP contribution in [0.5, 0.6) is 0 Å². The standard InChI is InChI=1S/C24H27ClN4O/c1-24(2,30)19-10-6-7-11-21(19)28-22-20(25)15-26-23(29-22)27-18-13-12-16-8-4-3-5-9-17(16)14-18/h6-7,10-15,30H,3-5,8-9H2,1-2H3,(H2,26,27,28,29). The van der Waals surface area contributed by atoms with Crippen molar-refractivity contribution in [3.8, 4) is 0 Å². The van der Waals surface area contributed by atoms with Gasteiger partial charge in [-0.2, -0.15) is 4.98 Å². The van der Waals surface area contributed by atoms with Crippen LogP contribution in [0.15, 0.2) is 48.7 Å². The van der Waals surface area contributed by atoms with E-state index in [1.165, 1.54) is 30.4 Å². The number of rotatable bonds is 5. The third-order valence-electron chi connectivity index (χ3n) is 5.44. The lowest BCUT2D eigenvalue weighted by Gasteiger charge is -2.22. The van der Waals surface area contributed by atoms with Gasteiger partial charge in [0.15, 0.2) is 5.82 Å². The molecular weight excluding hydrogens is 396 g/mol. The van der Waals surface area contributed by atoms with E-state index < -0.39 is 5.60 Å². The lowest BCUT2D eigenvalue weighted by molar-refractivity contribution is 0.0794. The summed E-state index contributed by atoms with van der Waals surface area (Å²) in [6.45, 7) is 3.50. The highest BCUT2D eigenvalue weighted by atomic mass is 35.5. The number of aryl methyl sites for hydroxylation is 2. The van der Waals surface area contributed by atoms with Gasteiger partial charge < -0.3 is 15.7 Å².